The van der Waals surface area contributed by atoms with Gasteiger partial charge in [-0.15, -0.1) is 0 Å². The Bertz CT molecular complexity index is 538. The standard InChI is InChI=1S/C18H24O2/c1-18-9-8-14-13-5-3-12(19)10-11(13)2-4-15(14)16(18)6-7-17(18)20/h3,5,10,14-17,19-20H,2,4,6-9H2,1H3/t14-,15+,16-,17+,18-/m0/s1. The minimum atomic E-state index is -0.0883. The zero-order valence-electron chi connectivity index (χ0n) is 12.2. The molecule has 2 N–H and O–H groups in total. The van der Waals surface area contributed by atoms with Crippen LogP contribution in [0.4, 0.5) is 0 Å². The van der Waals surface area contributed by atoms with Gasteiger partial charge in [-0.2, -0.15) is 0 Å². The van der Waals surface area contributed by atoms with Crippen molar-refractivity contribution >= 4 is 0 Å². The van der Waals surface area contributed by atoms with Crippen LogP contribution in [0.3, 0.4) is 0 Å². The predicted molar refractivity (Wildman–Crippen MR) is 78.7 cm³/mol. The molecule has 0 heterocycles. The highest BCUT2D eigenvalue weighted by Gasteiger charge is 2.54. The average Bonchev–Trinajstić information content (AvgIpc) is 2.74. The lowest BCUT2D eigenvalue weighted by atomic mass is 9.55. The van der Waals surface area contributed by atoms with Crippen molar-refractivity contribution in [1.82, 2.24) is 0 Å². The van der Waals surface area contributed by atoms with Gasteiger partial charge in [0.2, 0.25) is 0 Å². The molecule has 1 aromatic carbocycles. The van der Waals surface area contributed by atoms with Crippen molar-refractivity contribution < 1.29 is 10.2 Å². The zero-order chi connectivity index (χ0) is 13.9. The molecule has 5 atom stereocenters. The highest BCUT2D eigenvalue weighted by molar-refractivity contribution is 5.40. The Morgan fingerprint density at radius 1 is 1.15 bits per heavy atom. The number of aliphatic hydroxyl groups excluding tert-OH is 1. The van der Waals surface area contributed by atoms with E-state index in [4.69, 9.17) is 0 Å². The summed E-state index contributed by atoms with van der Waals surface area (Å²) in [5, 5.41) is 20.0. The summed E-state index contributed by atoms with van der Waals surface area (Å²) in [5.74, 6) is 2.49. The van der Waals surface area contributed by atoms with E-state index >= 15 is 0 Å². The van der Waals surface area contributed by atoms with Crippen molar-refractivity contribution in [3.8, 4) is 5.75 Å². The average molecular weight is 272 g/mol. The Kier molecular flexibility index (Phi) is 2.69. The number of aryl methyl sites for hydroxylation is 1. The van der Waals surface area contributed by atoms with Gasteiger partial charge < -0.3 is 10.2 Å². The van der Waals surface area contributed by atoms with E-state index in [-0.39, 0.29) is 11.5 Å². The fourth-order valence-corrected chi connectivity index (χ4v) is 5.54. The number of hydrogen-bond acceptors (Lipinski definition) is 2. The molecule has 2 nitrogen and oxygen atoms in total. The molecule has 3 aliphatic rings. The van der Waals surface area contributed by atoms with Crippen LogP contribution in [-0.2, 0) is 6.42 Å². The summed E-state index contributed by atoms with van der Waals surface area (Å²) in [7, 11) is 0. The first-order valence-corrected chi connectivity index (χ1v) is 8.09. The van der Waals surface area contributed by atoms with Crippen LogP contribution in [0.2, 0.25) is 0 Å². The topological polar surface area (TPSA) is 40.5 Å². The van der Waals surface area contributed by atoms with Crippen molar-refractivity contribution in [2.75, 3.05) is 0 Å². The van der Waals surface area contributed by atoms with Gasteiger partial charge in [0.1, 0.15) is 5.75 Å². The maximum atomic E-state index is 10.4. The lowest BCUT2D eigenvalue weighted by Crippen LogP contribution is -2.43. The van der Waals surface area contributed by atoms with Gasteiger partial charge in [-0.25, -0.2) is 0 Å². The zero-order valence-corrected chi connectivity index (χ0v) is 12.2. The second-order valence-corrected chi connectivity index (χ2v) is 7.44. The molecule has 2 fully saturated rings. The van der Waals surface area contributed by atoms with Gasteiger partial charge in [0.15, 0.2) is 0 Å². The molecule has 20 heavy (non-hydrogen) atoms. The number of aromatic hydroxyl groups is 1. The van der Waals surface area contributed by atoms with Crippen molar-refractivity contribution in [3.05, 3.63) is 29.3 Å². The second-order valence-electron chi connectivity index (χ2n) is 7.44. The maximum absolute atomic E-state index is 10.4. The highest BCUT2D eigenvalue weighted by Crippen LogP contribution is 2.60. The Balaban J connectivity index is 1.71. The fourth-order valence-electron chi connectivity index (χ4n) is 5.54. The van der Waals surface area contributed by atoms with Crippen LogP contribution in [0.5, 0.6) is 5.75 Å². The number of fused-ring (bicyclic) bond motifs is 5. The van der Waals surface area contributed by atoms with Crippen molar-refractivity contribution in [3.63, 3.8) is 0 Å². The summed E-state index contributed by atoms with van der Waals surface area (Å²) in [5.41, 5.74) is 2.99. The lowest BCUT2D eigenvalue weighted by molar-refractivity contribution is -0.0226. The third kappa shape index (κ3) is 1.60. The largest absolute Gasteiger partial charge is 0.508 e. The van der Waals surface area contributed by atoms with E-state index in [2.05, 4.69) is 13.0 Å². The first-order chi connectivity index (χ1) is 9.59. The Labute approximate surface area is 120 Å². The number of aliphatic hydroxyl groups is 1. The van der Waals surface area contributed by atoms with Gasteiger partial charge in [0.05, 0.1) is 6.10 Å². The van der Waals surface area contributed by atoms with Gasteiger partial charge in [-0.3, -0.25) is 0 Å². The van der Waals surface area contributed by atoms with Crippen molar-refractivity contribution in [1.29, 1.82) is 0 Å². The van der Waals surface area contributed by atoms with Crippen LogP contribution < -0.4 is 0 Å². The fraction of sp³-hybridized carbons (Fsp3) is 0.667. The summed E-state index contributed by atoms with van der Waals surface area (Å²) in [6.45, 7) is 2.32. The Morgan fingerprint density at radius 2 is 2.00 bits per heavy atom. The van der Waals surface area contributed by atoms with Crippen molar-refractivity contribution in [2.24, 2.45) is 17.3 Å². The third-order valence-corrected chi connectivity index (χ3v) is 6.66. The van der Waals surface area contributed by atoms with Crippen LogP contribution in [-0.4, -0.2) is 16.3 Å². The van der Waals surface area contributed by atoms with Gasteiger partial charge >= 0.3 is 0 Å². The highest BCUT2D eigenvalue weighted by atomic mass is 16.3. The molecule has 4 rings (SSSR count). The first kappa shape index (κ1) is 12.7. The van der Waals surface area contributed by atoms with E-state index in [0.29, 0.717) is 17.6 Å². The van der Waals surface area contributed by atoms with E-state index in [1.54, 1.807) is 0 Å². The molecule has 0 unspecified atom stereocenters. The summed E-state index contributed by atoms with van der Waals surface area (Å²) < 4.78 is 0. The Morgan fingerprint density at radius 3 is 2.85 bits per heavy atom. The van der Waals surface area contributed by atoms with Crippen LogP contribution in [0.25, 0.3) is 0 Å². The molecular weight excluding hydrogens is 248 g/mol. The molecule has 0 radical (unpaired) electrons. The number of hydrogen-bond donors (Lipinski definition) is 2. The number of phenols is 1. The van der Waals surface area contributed by atoms with E-state index in [1.165, 1.54) is 30.4 Å². The smallest absolute Gasteiger partial charge is 0.115 e. The number of benzene rings is 1. The number of rotatable bonds is 0. The third-order valence-electron chi connectivity index (χ3n) is 6.66. The molecule has 2 heteroatoms. The molecular formula is C18H24O2. The molecule has 0 aromatic heterocycles. The normalized spacial score (nSPS) is 42.7. The molecule has 0 spiro atoms. The summed E-state index contributed by atoms with van der Waals surface area (Å²) in [4.78, 5) is 0. The second kappa shape index (κ2) is 4.24. The quantitative estimate of drug-likeness (QED) is 0.757. The maximum Gasteiger partial charge on any atom is 0.115 e. The molecule has 108 valence electrons. The van der Waals surface area contributed by atoms with E-state index in [9.17, 15) is 10.2 Å². The van der Waals surface area contributed by atoms with Gasteiger partial charge in [0, 0.05) is 0 Å². The molecule has 1 aromatic rings. The molecule has 0 bridgehead atoms. The molecule has 0 saturated heterocycles. The minimum absolute atomic E-state index is 0.0883. The van der Waals surface area contributed by atoms with Crippen LogP contribution in [0.15, 0.2) is 18.2 Å². The number of phenolic OH excluding ortho intramolecular Hbond substituents is 1. The van der Waals surface area contributed by atoms with Crippen LogP contribution in [0, 0.1) is 17.3 Å². The van der Waals surface area contributed by atoms with E-state index in [0.717, 1.165) is 25.2 Å². The molecule has 2 saturated carbocycles. The summed E-state index contributed by atoms with van der Waals surface area (Å²) in [6.07, 6.45) is 6.78. The van der Waals surface area contributed by atoms with Crippen LogP contribution >= 0.6 is 0 Å². The van der Waals surface area contributed by atoms with Gasteiger partial charge in [0.25, 0.3) is 0 Å². The van der Waals surface area contributed by atoms with Crippen LogP contribution in [0.1, 0.15) is 56.1 Å². The van der Waals surface area contributed by atoms with E-state index in [1.807, 2.05) is 12.1 Å². The van der Waals surface area contributed by atoms with Gasteiger partial charge in [-0.1, -0.05) is 13.0 Å². The summed E-state index contributed by atoms with van der Waals surface area (Å²) in [6, 6.07) is 5.96. The predicted octanol–water partition coefficient (Wildman–Crippen LogP) is 3.61. The lowest BCUT2D eigenvalue weighted by Gasteiger charge is -2.50. The minimum Gasteiger partial charge on any atom is -0.508 e. The Hall–Kier alpha value is -1.02. The van der Waals surface area contributed by atoms with Crippen molar-refractivity contribution in [2.45, 2.75) is 57.5 Å². The SMILES string of the molecule is C[C@]12CC[C@H]3c4ccc(O)cc4CC[C@H]3[C@@H]1CC[C@H]2O. The monoisotopic (exact) mass is 272 g/mol. The van der Waals surface area contributed by atoms with E-state index < -0.39 is 0 Å². The first-order valence-electron chi connectivity index (χ1n) is 8.09. The van der Waals surface area contributed by atoms with Gasteiger partial charge in [-0.05, 0) is 85.0 Å². The molecule has 0 aliphatic heterocycles. The molecule has 3 aliphatic carbocycles. The molecule has 0 amide bonds. The summed E-state index contributed by atoms with van der Waals surface area (Å²) >= 11 is 0.